The van der Waals surface area contributed by atoms with Gasteiger partial charge in [-0.1, -0.05) is 23.7 Å². The van der Waals surface area contributed by atoms with Crippen LogP contribution in [0.5, 0.6) is 0 Å². The predicted molar refractivity (Wildman–Crippen MR) is 58.2 cm³/mol. The summed E-state index contributed by atoms with van der Waals surface area (Å²) in [6.07, 6.45) is 2.26. The molecule has 0 radical (unpaired) electrons. The van der Waals surface area contributed by atoms with E-state index in [1.54, 1.807) is 25.3 Å². The Labute approximate surface area is 88.6 Å². The van der Waals surface area contributed by atoms with Crippen molar-refractivity contribution < 1.29 is 4.39 Å². The number of likely N-dealkylation sites (N-methyl/N-ethyl adjacent to an activating group) is 1. The van der Waals surface area contributed by atoms with Crippen molar-refractivity contribution >= 4 is 11.6 Å². The van der Waals surface area contributed by atoms with E-state index < -0.39 is 0 Å². The first-order valence-corrected chi connectivity index (χ1v) is 4.79. The zero-order valence-electron chi connectivity index (χ0n) is 8.06. The highest BCUT2D eigenvalue weighted by Gasteiger charge is 2.10. The number of hydrogen-bond donors (Lipinski definition) is 1. The van der Waals surface area contributed by atoms with E-state index in [1.807, 2.05) is 0 Å². The topological polar surface area (TPSA) is 12.0 Å². The maximum absolute atomic E-state index is 13.3. The van der Waals surface area contributed by atoms with Crippen molar-refractivity contribution in [1.29, 1.82) is 0 Å². The molecule has 0 saturated heterocycles. The van der Waals surface area contributed by atoms with Crippen molar-refractivity contribution in [2.75, 3.05) is 7.05 Å². The first kappa shape index (κ1) is 11.2. The van der Waals surface area contributed by atoms with Gasteiger partial charge in [-0.25, -0.2) is 4.39 Å². The minimum atomic E-state index is -0.264. The summed E-state index contributed by atoms with van der Waals surface area (Å²) in [6.45, 7) is 3.66. The summed E-state index contributed by atoms with van der Waals surface area (Å²) in [5, 5.41) is 3.48. The maximum atomic E-state index is 13.3. The fourth-order valence-electron chi connectivity index (χ4n) is 1.25. The number of rotatable bonds is 4. The van der Waals surface area contributed by atoms with Crippen LogP contribution in [0.25, 0.3) is 0 Å². The van der Waals surface area contributed by atoms with Crippen LogP contribution in [0, 0.1) is 5.82 Å². The highest BCUT2D eigenvalue weighted by atomic mass is 35.5. The lowest BCUT2D eigenvalue weighted by atomic mass is 10.1. The Kier molecular flexibility index (Phi) is 4.11. The van der Waals surface area contributed by atoms with Crippen LogP contribution in [-0.2, 0) is 6.42 Å². The van der Waals surface area contributed by atoms with Gasteiger partial charge in [0.25, 0.3) is 0 Å². The second-order valence-corrected chi connectivity index (χ2v) is 3.44. The molecule has 76 valence electrons. The minimum Gasteiger partial charge on any atom is -0.313 e. The number of benzene rings is 1. The van der Waals surface area contributed by atoms with Gasteiger partial charge in [0.05, 0.1) is 0 Å². The van der Waals surface area contributed by atoms with Crippen molar-refractivity contribution in [3.63, 3.8) is 0 Å². The fraction of sp³-hybridized carbons (Fsp3) is 0.273. The zero-order valence-corrected chi connectivity index (χ0v) is 8.81. The average molecular weight is 214 g/mol. The third kappa shape index (κ3) is 2.56. The van der Waals surface area contributed by atoms with E-state index in [2.05, 4.69) is 11.9 Å². The normalized spacial score (nSPS) is 12.5. The molecule has 1 atom stereocenters. The van der Waals surface area contributed by atoms with E-state index in [0.717, 1.165) is 0 Å². The molecule has 0 saturated carbocycles. The molecular formula is C11H13ClFN. The Morgan fingerprint density at radius 1 is 1.64 bits per heavy atom. The molecule has 0 spiro atoms. The first-order valence-electron chi connectivity index (χ1n) is 4.41. The van der Waals surface area contributed by atoms with Gasteiger partial charge in [0.2, 0.25) is 0 Å². The molecule has 0 fully saturated rings. The molecule has 0 bridgehead atoms. The lowest BCUT2D eigenvalue weighted by Gasteiger charge is -2.12. The van der Waals surface area contributed by atoms with Gasteiger partial charge in [-0.3, -0.25) is 0 Å². The predicted octanol–water partition coefficient (Wildman–Crippen LogP) is 2.80. The van der Waals surface area contributed by atoms with Gasteiger partial charge in [-0.2, -0.15) is 0 Å². The Morgan fingerprint density at radius 3 is 2.86 bits per heavy atom. The largest absolute Gasteiger partial charge is 0.313 e. The van der Waals surface area contributed by atoms with E-state index in [1.165, 1.54) is 6.07 Å². The van der Waals surface area contributed by atoms with E-state index in [0.29, 0.717) is 17.0 Å². The van der Waals surface area contributed by atoms with Crippen LogP contribution in [0.1, 0.15) is 5.56 Å². The monoisotopic (exact) mass is 213 g/mol. The summed E-state index contributed by atoms with van der Waals surface area (Å²) < 4.78 is 13.3. The second-order valence-electron chi connectivity index (χ2n) is 3.04. The lowest BCUT2D eigenvalue weighted by molar-refractivity contribution is 0.586. The summed E-state index contributed by atoms with van der Waals surface area (Å²) >= 11 is 5.89. The summed E-state index contributed by atoms with van der Waals surface area (Å²) in [7, 11) is 1.81. The van der Waals surface area contributed by atoms with Crippen molar-refractivity contribution in [1.82, 2.24) is 5.32 Å². The third-order valence-electron chi connectivity index (χ3n) is 2.14. The highest BCUT2D eigenvalue weighted by Crippen LogP contribution is 2.20. The van der Waals surface area contributed by atoms with Crippen LogP contribution in [0.2, 0.25) is 5.02 Å². The van der Waals surface area contributed by atoms with E-state index in [9.17, 15) is 4.39 Å². The molecule has 1 aromatic rings. The second kappa shape index (κ2) is 5.13. The van der Waals surface area contributed by atoms with Gasteiger partial charge < -0.3 is 5.32 Å². The van der Waals surface area contributed by atoms with Crippen molar-refractivity contribution in [2.45, 2.75) is 12.5 Å². The van der Waals surface area contributed by atoms with Gasteiger partial charge in [0.1, 0.15) is 5.82 Å². The molecule has 1 N–H and O–H groups in total. The van der Waals surface area contributed by atoms with Crippen LogP contribution < -0.4 is 5.32 Å². The number of halogens is 2. The van der Waals surface area contributed by atoms with Crippen LogP contribution in [-0.4, -0.2) is 13.1 Å². The van der Waals surface area contributed by atoms with E-state index in [-0.39, 0.29) is 11.9 Å². The Balaban J connectivity index is 2.89. The SMILES string of the molecule is C=CC(Cc1c(F)cccc1Cl)NC. The maximum Gasteiger partial charge on any atom is 0.127 e. The first-order chi connectivity index (χ1) is 6.69. The molecule has 1 rings (SSSR count). The molecule has 0 heterocycles. The summed E-state index contributed by atoms with van der Waals surface area (Å²) in [5.41, 5.74) is 0.536. The minimum absolute atomic E-state index is 0.0457. The van der Waals surface area contributed by atoms with Crippen molar-refractivity contribution in [2.24, 2.45) is 0 Å². The third-order valence-corrected chi connectivity index (χ3v) is 2.50. The molecular weight excluding hydrogens is 201 g/mol. The summed E-state index contributed by atoms with van der Waals surface area (Å²) in [5.74, 6) is -0.264. The molecule has 0 aliphatic carbocycles. The van der Waals surface area contributed by atoms with Gasteiger partial charge in [0, 0.05) is 16.6 Å². The van der Waals surface area contributed by atoms with Crippen molar-refractivity contribution in [3.05, 3.63) is 47.3 Å². The highest BCUT2D eigenvalue weighted by molar-refractivity contribution is 6.31. The Morgan fingerprint density at radius 2 is 2.36 bits per heavy atom. The smallest absolute Gasteiger partial charge is 0.127 e. The summed E-state index contributed by atoms with van der Waals surface area (Å²) in [4.78, 5) is 0. The molecule has 0 aliphatic rings. The Bertz CT molecular complexity index is 305. The van der Waals surface area contributed by atoms with Gasteiger partial charge in [-0.15, -0.1) is 6.58 Å². The molecule has 1 aromatic carbocycles. The van der Waals surface area contributed by atoms with Crippen LogP contribution in [0.15, 0.2) is 30.9 Å². The summed E-state index contributed by atoms with van der Waals surface area (Å²) in [6, 6.07) is 4.75. The van der Waals surface area contributed by atoms with Gasteiger partial charge in [-0.05, 0) is 25.6 Å². The molecule has 1 unspecified atom stereocenters. The van der Waals surface area contributed by atoms with Gasteiger partial charge >= 0.3 is 0 Å². The molecule has 3 heteroatoms. The van der Waals surface area contributed by atoms with Gasteiger partial charge in [0.15, 0.2) is 0 Å². The molecule has 0 aromatic heterocycles. The van der Waals surface area contributed by atoms with Crippen LogP contribution >= 0.6 is 11.6 Å². The van der Waals surface area contributed by atoms with E-state index >= 15 is 0 Å². The average Bonchev–Trinajstić information content (AvgIpc) is 2.18. The Hall–Kier alpha value is -0.860. The molecule has 1 nitrogen and oxygen atoms in total. The van der Waals surface area contributed by atoms with E-state index in [4.69, 9.17) is 11.6 Å². The number of nitrogens with one attached hydrogen (secondary N) is 1. The molecule has 0 amide bonds. The van der Waals surface area contributed by atoms with Crippen LogP contribution in [0.4, 0.5) is 4.39 Å². The fourth-order valence-corrected chi connectivity index (χ4v) is 1.49. The zero-order chi connectivity index (χ0) is 10.6. The molecule has 0 aliphatic heterocycles. The molecule has 14 heavy (non-hydrogen) atoms. The number of hydrogen-bond acceptors (Lipinski definition) is 1. The van der Waals surface area contributed by atoms with Crippen LogP contribution in [0.3, 0.4) is 0 Å². The standard InChI is InChI=1S/C11H13ClFN/c1-3-8(14-2)7-9-10(12)5-4-6-11(9)13/h3-6,8,14H,1,7H2,2H3. The quantitative estimate of drug-likeness (QED) is 0.759. The lowest BCUT2D eigenvalue weighted by Crippen LogP contribution is -2.25. The van der Waals surface area contributed by atoms with Crippen molar-refractivity contribution in [3.8, 4) is 0 Å².